The lowest BCUT2D eigenvalue weighted by molar-refractivity contribution is 1.45. The predicted molar refractivity (Wildman–Crippen MR) is 24.0 cm³/mol. The van der Waals surface area contributed by atoms with E-state index in [1.807, 2.05) is 0 Å². The molecule has 0 fully saturated rings. The summed E-state index contributed by atoms with van der Waals surface area (Å²) >= 11 is 0. The Kier molecular flexibility index (Phi) is 2.90. The fraction of sp³-hybridized carbons (Fsp3) is 0.333. The summed E-state index contributed by atoms with van der Waals surface area (Å²) in [6, 6.07) is 0. The number of hydrogen-bond donors (Lipinski definition) is 0. The van der Waals surface area contributed by atoms with Crippen molar-refractivity contribution in [3.8, 4) is 0 Å². The maximum absolute atomic E-state index is 3.50. The molecule has 0 bridgehead atoms. The average molecular weight is 70.1 g/mol. The first kappa shape index (κ1) is 4.34. The van der Waals surface area contributed by atoms with Crippen LogP contribution < -0.4 is 0 Å². The fourth-order valence-electron chi connectivity index (χ4n) is 0.0816. The molecule has 0 heterocycles. The lowest BCUT2D eigenvalue weighted by atomic mass is 11.2. The first-order valence-corrected chi connectivity index (χ1v) is 1.28. The van der Waals surface area contributed by atoms with Gasteiger partial charge in [-0.3, -0.25) is 9.98 Å². The van der Waals surface area contributed by atoms with Gasteiger partial charge in [0.15, 0.2) is 0 Å². The number of aliphatic imine (C=N–C) groups is 2. The van der Waals surface area contributed by atoms with Gasteiger partial charge in [-0.1, -0.05) is 0 Å². The van der Waals surface area contributed by atoms with Crippen molar-refractivity contribution in [1.82, 2.24) is 0 Å². The maximum Gasteiger partial charge on any atom is 0.108 e. The quantitative estimate of drug-likeness (QED) is 0.314. The van der Waals surface area contributed by atoms with Crippen molar-refractivity contribution in [3.05, 3.63) is 0 Å². The lowest BCUT2D eigenvalue weighted by Gasteiger charge is -1.59. The molecule has 0 spiro atoms. The molecule has 0 aliphatic rings. The first-order valence-electron chi connectivity index (χ1n) is 1.28. The molecule has 2 heteroatoms. The number of hydrogen-bond acceptors (Lipinski definition) is 1. The minimum absolute atomic E-state index is 1.39. The van der Waals surface area contributed by atoms with Crippen LogP contribution in [-0.2, 0) is 0 Å². The van der Waals surface area contributed by atoms with Crippen LogP contribution in [0.5, 0.6) is 0 Å². The monoisotopic (exact) mass is 70.1 g/mol. The van der Waals surface area contributed by atoms with Gasteiger partial charge in [0.2, 0.25) is 0 Å². The van der Waals surface area contributed by atoms with Crippen LogP contribution in [0.1, 0.15) is 0 Å². The van der Waals surface area contributed by atoms with Crippen LogP contribution in [-0.4, -0.2) is 20.1 Å². The molecule has 0 aromatic heterocycles. The van der Waals surface area contributed by atoms with Gasteiger partial charge >= 0.3 is 0 Å². The van der Waals surface area contributed by atoms with Gasteiger partial charge in [-0.2, -0.15) is 0 Å². The summed E-state index contributed by atoms with van der Waals surface area (Å²) in [5.41, 5.74) is 0. The third kappa shape index (κ3) is 3.34. The third-order valence-electron chi connectivity index (χ3n) is 0.197. The maximum atomic E-state index is 3.50. The molecular formula is C3H6N2. The van der Waals surface area contributed by atoms with Crippen LogP contribution in [0.2, 0.25) is 0 Å². The molecule has 2 nitrogen and oxygen atoms in total. The van der Waals surface area contributed by atoms with Gasteiger partial charge in [-0.25, -0.2) is 0 Å². The van der Waals surface area contributed by atoms with Crippen molar-refractivity contribution in [3.63, 3.8) is 0 Å². The smallest absolute Gasteiger partial charge is 0.108 e. The van der Waals surface area contributed by atoms with Crippen LogP contribution in [0.4, 0.5) is 0 Å². The Labute approximate surface area is 31.3 Å². The van der Waals surface area contributed by atoms with E-state index in [9.17, 15) is 0 Å². The van der Waals surface area contributed by atoms with E-state index in [1.165, 1.54) is 6.34 Å². The standard InChI is InChI=1S/C3H6N2/c1-4-3-5-2/h3H,1H2,2H3/b5-3-. The molecule has 0 N–H and O–H groups in total. The van der Waals surface area contributed by atoms with Crippen molar-refractivity contribution < 1.29 is 0 Å². The highest BCUT2D eigenvalue weighted by Gasteiger charge is 1.40. The van der Waals surface area contributed by atoms with Gasteiger partial charge in [0, 0.05) is 7.05 Å². The fourth-order valence-corrected chi connectivity index (χ4v) is 0.0816. The zero-order valence-corrected chi connectivity index (χ0v) is 3.18. The molecule has 0 aliphatic heterocycles. The normalized spacial score (nSPS) is 9.00. The Morgan fingerprint density at radius 2 is 2.40 bits per heavy atom. The molecule has 0 saturated heterocycles. The Bertz CT molecular complexity index is 46.9. The summed E-state index contributed by atoms with van der Waals surface area (Å²) < 4.78 is 0. The molecule has 28 valence electrons. The van der Waals surface area contributed by atoms with Gasteiger partial charge in [0.05, 0.1) is 0 Å². The third-order valence-corrected chi connectivity index (χ3v) is 0.197. The second kappa shape index (κ2) is 3.34. The van der Waals surface area contributed by atoms with Crippen molar-refractivity contribution in [2.45, 2.75) is 0 Å². The molecule has 0 atom stereocenters. The van der Waals surface area contributed by atoms with E-state index in [0.717, 1.165) is 0 Å². The highest BCUT2D eigenvalue weighted by molar-refractivity contribution is 5.61. The van der Waals surface area contributed by atoms with E-state index in [4.69, 9.17) is 0 Å². The summed E-state index contributed by atoms with van der Waals surface area (Å²) in [5, 5.41) is 0. The second-order valence-electron chi connectivity index (χ2n) is 0.556. The molecule has 0 unspecified atom stereocenters. The summed E-state index contributed by atoms with van der Waals surface area (Å²) in [6.45, 7) is 3.15. The minimum atomic E-state index is 1.39. The summed E-state index contributed by atoms with van der Waals surface area (Å²) in [6.07, 6.45) is 1.39. The number of nitrogens with zero attached hydrogens (tertiary/aromatic N) is 2. The molecule has 0 radical (unpaired) electrons. The highest BCUT2D eigenvalue weighted by Crippen LogP contribution is 1.47. The van der Waals surface area contributed by atoms with E-state index >= 15 is 0 Å². The Hall–Kier alpha value is -0.660. The van der Waals surface area contributed by atoms with Gasteiger partial charge in [0.25, 0.3) is 0 Å². The summed E-state index contributed by atoms with van der Waals surface area (Å²) in [5.74, 6) is 0. The molecule has 0 saturated carbocycles. The van der Waals surface area contributed by atoms with Crippen molar-refractivity contribution in [2.24, 2.45) is 9.98 Å². The second-order valence-corrected chi connectivity index (χ2v) is 0.556. The van der Waals surface area contributed by atoms with Crippen LogP contribution in [0.25, 0.3) is 0 Å². The van der Waals surface area contributed by atoms with Gasteiger partial charge in [0.1, 0.15) is 6.34 Å². The minimum Gasteiger partial charge on any atom is -0.277 e. The Balaban J connectivity index is 2.92. The van der Waals surface area contributed by atoms with Crippen LogP contribution in [0.3, 0.4) is 0 Å². The van der Waals surface area contributed by atoms with Gasteiger partial charge < -0.3 is 0 Å². The largest absolute Gasteiger partial charge is 0.277 e. The Morgan fingerprint density at radius 1 is 1.80 bits per heavy atom. The zero-order valence-electron chi connectivity index (χ0n) is 3.18. The lowest BCUT2D eigenvalue weighted by Crippen LogP contribution is -1.54. The molecule has 0 rings (SSSR count). The molecule has 0 aromatic rings. The average Bonchev–Trinajstić information content (AvgIpc) is 1.41. The van der Waals surface area contributed by atoms with E-state index < -0.39 is 0 Å². The number of rotatable bonds is 1. The molecule has 0 aromatic carbocycles. The summed E-state index contributed by atoms with van der Waals surface area (Å²) in [7, 11) is 1.65. The first-order chi connectivity index (χ1) is 2.41. The molecule has 0 amide bonds. The van der Waals surface area contributed by atoms with E-state index in [1.54, 1.807) is 7.05 Å². The Morgan fingerprint density at radius 3 is 2.40 bits per heavy atom. The van der Waals surface area contributed by atoms with Crippen molar-refractivity contribution >= 4 is 13.1 Å². The SMILES string of the molecule is C=N/C=N\C. The van der Waals surface area contributed by atoms with Gasteiger partial charge in [-0.05, 0) is 6.72 Å². The molecule has 0 aliphatic carbocycles. The molecular weight excluding hydrogens is 64.0 g/mol. The highest BCUT2D eigenvalue weighted by atomic mass is 14.8. The van der Waals surface area contributed by atoms with E-state index in [2.05, 4.69) is 16.7 Å². The molecule has 5 heavy (non-hydrogen) atoms. The van der Waals surface area contributed by atoms with Crippen LogP contribution in [0.15, 0.2) is 9.98 Å². The predicted octanol–water partition coefficient (Wildman–Crippen LogP) is 0.345. The zero-order chi connectivity index (χ0) is 4.12. The van der Waals surface area contributed by atoms with Crippen LogP contribution >= 0.6 is 0 Å². The van der Waals surface area contributed by atoms with E-state index in [-0.39, 0.29) is 0 Å². The van der Waals surface area contributed by atoms with Crippen molar-refractivity contribution in [1.29, 1.82) is 0 Å². The van der Waals surface area contributed by atoms with Crippen molar-refractivity contribution in [2.75, 3.05) is 7.05 Å². The summed E-state index contributed by atoms with van der Waals surface area (Å²) in [4.78, 5) is 6.81. The van der Waals surface area contributed by atoms with Crippen LogP contribution in [0, 0.1) is 0 Å². The van der Waals surface area contributed by atoms with Gasteiger partial charge in [-0.15, -0.1) is 0 Å². The topological polar surface area (TPSA) is 24.7 Å². The van der Waals surface area contributed by atoms with E-state index in [0.29, 0.717) is 0 Å².